The molecule has 25 heavy (non-hydrogen) atoms. The van der Waals surface area contributed by atoms with Gasteiger partial charge in [-0.2, -0.15) is 0 Å². The molecular weight excluding hydrogens is 426 g/mol. The van der Waals surface area contributed by atoms with Gasteiger partial charge in [-0.25, -0.2) is 18.4 Å². The number of halogens is 1. The fraction of sp³-hybridized carbons (Fsp3) is 0.353. The van der Waals surface area contributed by atoms with Crippen molar-refractivity contribution in [3.8, 4) is 11.1 Å². The summed E-state index contributed by atoms with van der Waals surface area (Å²) in [4.78, 5) is 13.9. The van der Waals surface area contributed by atoms with Crippen LogP contribution in [0.4, 0.5) is 0 Å². The van der Waals surface area contributed by atoms with Gasteiger partial charge in [0.2, 0.25) is 10.0 Å². The van der Waals surface area contributed by atoms with Crippen LogP contribution in [0.3, 0.4) is 0 Å². The molecule has 0 amide bonds. The normalized spacial score (nSPS) is 14.2. The second-order valence-corrected chi connectivity index (χ2v) is 9.13. The van der Waals surface area contributed by atoms with Crippen molar-refractivity contribution in [1.82, 2.24) is 0 Å². The van der Waals surface area contributed by atoms with Crippen LogP contribution >= 0.6 is 27.3 Å². The van der Waals surface area contributed by atoms with Crippen LogP contribution in [0.25, 0.3) is 11.1 Å². The van der Waals surface area contributed by atoms with Gasteiger partial charge in [0.25, 0.3) is 0 Å². The molecule has 1 aliphatic carbocycles. The molecule has 2 aromatic rings. The number of alkyl halides is 1. The molecule has 3 rings (SSSR count). The molecule has 0 aliphatic heterocycles. The Morgan fingerprint density at radius 3 is 2.52 bits per heavy atom. The van der Waals surface area contributed by atoms with Crippen LogP contribution in [0.15, 0.2) is 23.1 Å². The quantitative estimate of drug-likeness (QED) is 0.577. The summed E-state index contributed by atoms with van der Waals surface area (Å²) in [6.07, 6.45) is 3.36. The molecule has 1 aromatic heterocycles. The van der Waals surface area contributed by atoms with Gasteiger partial charge in [0.1, 0.15) is 4.88 Å². The Balaban J connectivity index is 2.26. The SMILES string of the molecule is COC(=O)c1sc(CBr)cc1-c1ccc(S(N)(=O)=O)c2c1CCCC2. The highest BCUT2D eigenvalue weighted by Gasteiger charge is 2.26. The van der Waals surface area contributed by atoms with Crippen LogP contribution in [0.5, 0.6) is 0 Å². The molecule has 0 unspecified atom stereocenters. The smallest absolute Gasteiger partial charge is 0.348 e. The molecule has 1 aromatic carbocycles. The van der Waals surface area contributed by atoms with E-state index in [0.717, 1.165) is 46.4 Å². The average Bonchev–Trinajstić information content (AvgIpc) is 3.03. The topological polar surface area (TPSA) is 86.5 Å². The molecule has 0 bridgehead atoms. The molecule has 1 heterocycles. The molecule has 0 saturated carbocycles. The van der Waals surface area contributed by atoms with E-state index < -0.39 is 10.0 Å². The number of hydrogen-bond acceptors (Lipinski definition) is 5. The standard InChI is InChI=1S/C17H18BrNO4S2/c1-23-17(20)16-14(8-10(9-18)24-16)12-6-7-15(25(19,21)22)13-5-3-2-4-11(12)13/h6-8H,2-5,9H2,1H3,(H2,19,21,22). The number of hydrogen-bond donors (Lipinski definition) is 1. The van der Waals surface area contributed by atoms with Crippen molar-refractivity contribution in [3.63, 3.8) is 0 Å². The third kappa shape index (κ3) is 3.53. The van der Waals surface area contributed by atoms with Gasteiger partial charge in [0.05, 0.1) is 12.0 Å². The van der Waals surface area contributed by atoms with Gasteiger partial charge >= 0.3 is 5.97 Å². The summed E-state index contributed by atoms with van der Waals surface area (Å²) in [5.74, 6) is -0.382. The Hall–Kier alpha value is -1.22. The van der Waals surface area contributed by atoms with Crippen molar-refractivity contribution in [2.45, 2.75) is 35.9 Å². The predicted molar refractivity (Wildman–Crippen MR) is 102 cm³/mol. The lowest BCUT2D eigenvalue weighted by molar-refractivity contribution is 0.0607. The van der Waals surface area contributed by atoms with Crippen molar-refractivity contribution in [3.05, 3.63) is 39.1 Å². The first-order valence-electron chi connectivity index (χ1n) is 7.81. The number of primary sulfonamides is 1. The van der Waals surface area contributed by atoms with Crippen molar-refractivity contribution >= 4 is 43.3 Å². The molecule has 0 spiro atoms. The number of carbonyl (C=O) groups excluding carboxylic acids is 1. The van der Waals surface area contributed by atoms with E-state index in [1.54, 1.807) is 12.1 Å². The summed E-state index contributed by atoms with van der Waals surface area (Å²) >= 11 is 4.81. The van der Waals surface area contributed by atoms with Crippen molar-refractivity contribution in [2.75, 3.05) is 7.11 Å². The maximum atomic E-state index is 12.2. The van der Waals surface area contributed by atoms with Crippen LogP contribution in [-0.4, -0.2) is 21.5 Å². The number of benzene rings is 1. The lowest BCUT2D eigenvalue weighted by atomic mass is 9.86. The van der Waals surface area contributed by atoms with Crippen molar-refractivity contribution < 1.29 is 17.9 Å². The first-order chi connectivity index (χ1) is 11.9. The summed E-state index contributed by atoms with van der Waals surface area (Å²) < 4.78 is 28.8. The summed E-state index contributed by atoms with van der Waals surface area (Å²) in [5.41, 5.74) is 3.45. The highest BCUT2D eigenvalue weighted by molar-refractivity contribution is 9.08. The number of nitrogens with two attached hydrogens (primary N) is 1. The predicted octanol–water partition coefficient (Wildman–Crippen LogP) is 3.62. The summed E-state index contributed by atoms with van der Waals surface area (Å²) in [6.45, 7) is 0. The lowest BCUT2D eigenvalue weighted by Gasteiger charge is -2.22. The molecule has 0 saturated heterocycles. The highest BCUT2D eigenvalue weighted by atomic mass is 79.9. The van der Waals surface area contributed by atoms with Crippen LogP contribution < -0.4 is 5.14 Å². The number of thiophene rings is 1. The molecule has 8 heteroatoms. The average molecular weight is 444 g/mol. The fourth-order valence-electron chi connectivity index (χ4n) is 3.31. The van der Waals surface area contributed by atoms with E-state index >= 15 is 0 Å². The number of sulfonamides is 1. The third-order valence-electron chi connectivity index (χ3n) is 4.37. The number of methoxy groups -OCH3 is 1. The minimum absolute atomic E-state index is 0.196. The zero-order chi connectivity index (χ0) is 18.2. The molecule has 1 aliphatic rings. The van der Waals surface area contributed by atoms with E-state index in [1.165, 1.54) is 18.4 Å². The Bertz CT molecular complexity index is 934. The fourth-order valence-corrected chi connectivity index (χ4v) is 5.58. The minimum Gasteiger partial charge on any atom is -0.465 e. The van der Waals surface area contributed by atoms with E-state index in [-0.39, 0.29) is 10.9 Å². The maximum absolute atomic E-state index is 12.2. The zero-order valence-electron chi connectivity index (χ0n) is 13.7. The third-order valence-corrected chi connectivity index (χ3v) is 7.46. The molecular formula is C17H18BrNO4S2. The van der Waals surface area contributed by atoms with Gasteiger partial charge in [-0.1, -0.05) is 22.0 Å². The first-order valence-corrected chi connectivity index (χ1v) is 11.3. The number of esters is 1. The van der Waals surface area contributed by atoms with Crippen molar-refractivity contribution in [1.29, 1.82) is 0 Å². The largest absolute Gasteiger partial charge is 0.465 e. The van der Waals surface area contributed by atoms with Crippen LogP contribution in [0.2, 0.25) is 0 Å². The van der Waals surface area contributed by atoms with Gasteiger partial charge < -0.3 is 4.74 Å². The van der Waals surface area contributed by atoms with E-state index in [4.69, 9.17) is 9.88 Å². The molecule has 0 radical (unpaired) electrons. The number of carbonyl (C=O) groups is 1. The number of rotatable bonds is 4. The van der Waals surface area contributed by atoms with Gasteiger partial charge in [0.15, 0.2) is 0 Å². The van der Waals surface area contributed by atoms with E-state index in [2.05, 4.69) is 15.9 Å². The van der Waals surface area contributed by atoms with Gasteiger partial charge in [-0.15, -0.1) is 11.3 Å². The van der Waals surface area contributed by atoms with Crippen LogP contribution in [0.1, 0.15) is 38.5 Å². The molecule has 2 N–H and O–H groups in total. The Kier molecular flexibility index (Phi) is 5.34. The summed E-state index contributed by atoms with van der Waals surface area (Å²) in [6, 6.07) is 5.28. The summed E-state index contributed by atoms with van der Waals surface area (Å²) in [5, 5.41) is 6.03. The van der Waals surface area contributed by atoms with Gasteiger partial charge in [-0.05, 0) is 54.5 Å². The summed E-state index contributed by atoms with van der Waals surface area (Å²) in [7, 11) is -2.41. The number of fused-ring (bicyclic) bond motifs is 1. The van der Waals surface area contributed by atoms with E-state index in [9.17, 15) is 13.2 Å². The van der Waals surface area contributed by atoms with Gasteiger partial charge in [0, 0.05) is 15.8 Å². The second-order valence-electron chi connectivity index (χ2n) is 5.90. The Morgan fingerprint density at radius 1 is 1.24 bits per heavy atom. The zero-order valence-corrected chi connectivity index (χ0v) is 16.9. The highest BCUT2D eigenvalue weighted by Crippen LogP contribution is 2.40. The molecule has 5 nitrogen and oxygen atoms in total. The van der Waals surface area contributed by atoms with E-state index in [0.29, 0.717) is 16.6 Å². The second kappa shape index (κ2) is 7.19. The van der Waals surface area contributed by atoms with Crippen LogP contribution in [0, 0.1) is 0 Å². The Morgan fingerprint density at radius 2 is 1.92 bits per heavy atom. The van der Waals surface area contributed by atoms with Crippen molar-refractivity contribution in [2.24, 2.45) is 5.14 Å². The molecule has 0 atom stereocenters. The number of ether oxygens (including phenoxy) is 1. The Labute approximate surface area is 159 Å². The molecule has 0 fully saturated rings. The van der Waals surface area contributed by atoms with Gasteiger partial charge in [-0.3, -0.25) is 0 Å². The lowest BCUT2D eigenvalue weighted by Crippen LogP contribution is -2.18. The first kappa shape index (κ1) is 18.6. The molecule has 134 valence electrons. The monoisotopic (exact) mass is 443 g/mol. The van der Waals surface area contributed by atoms with E-state index in [1.807, 2.05) is 6.07 Å². The van der Waals surface area contributed by atoms with Crippen LogP contribution in [-0.2, 0) is 32.9 Å². The maximum Gasteiger partial charge on any atom is 0.348 e. The minimum atomic E-state index is -3.77.